The Morgan fingerprint density at radius 3 is 2.74 bits per heavy atom. The number of aliphatic hydroxyl groups excluding tert-OH is 1. The minimum absolute atomic E-state index is 0.0351. The summed E-state index contributed by atoms with van der Waals surface area (Å²) in [4.78, 5) is 14.3. The van der Waals surface area contributed by atoms with Crippen molar-refractivity contribution in [2.75, 3.05) is 13.1 Å². The van der Waals surface area contributed by atoms with Gasteiger partial charge in [-0.3, -0.25) is 4.79 Å². The summed E-state index contributed by atoms with van der Waals surface area (Å²) >= 11 is 0. The van der Waals surface area contributed by atoms with Crippen molar-refractivity contribution in [3.63, 3.8) is 0 Å². The lowest BCUT2D eigenvalue weighted by Gasteiger charge is -2.42. The van der Waals surface area contributed by atoms with Crippen LogP contribution in [0.2, 0.25) is 0 Å². The molecule has 1 saturated heterocycles. The summed E-state index contributed by atoms with van der Waals surface area (Å²) < 4.78 is 26.1. The number of hydrogen-bond donors (Lipinski definition) is 1. The van der Waals surface area contributed by atoms with Gasteiger partial charge in [0.1, 0.15) is 0 Å². The monoisotopic (exact) mass is 323 g/mol. The Morgan fingerprint density at radius 2 is 2.04 bits per heavy atom. The molecule has 1 aromatic rings. The number of piperidine rings is 1. The highest BCUT2D eigenvalue weighted by Gasteiger charge is 2.45. The summed E-state index contributed by atoms with van der Waals surface area (Å²) in [6.45, 7) is 1.36. The smallest absolute Gasteiger partial charge is 0.222 e. The average molecular weight is 323 g/mol. The molecule has 2 aliphatic rings. The van der Waals surface area contributed by atoms with Crippen molar-refractivity contribution in [2.24, 2.45) is 5.41 Å². The van der Waals surface area contributed by atoms with E-state index < -0.39 is 11.6 Å². The molecule has 5 heteroatoms. The van der Waals surface area contributed by atoms with Crippen molar-refractivity contribution in [1.82, 2.24) is 4.90 Å². The molecule has 1 aromatic carbocycles. The highest BCUT2D eigenvalue weighted by atomic mass is 19.2. The van der Waals surface area contributed by atoms with Gasteiger partial charge in [0.25, 0.3) is 0 Å². The van der Waals surface area contributed by atoms with Crippen LogP contribution in [0.4, 0.5) is 8.78 Å². The third-order valence-electron chi connectivity index (χ3n) is 5.43. The number of aryl methyl sites for hydroxylation is 1. The Hall–Kier alpha value is -1.49. The largest absolute Gasteiger partial charge is 0.392 e. The summed E-state index contributed by atoms with van der Waals surface area (Å²) in [5.41, 5.74) is 0.514. The van der Waals surface area contributed by atoms with E-state index in [-0.39, 0.29) is 23.8 Å². The molecule has 2 fully saturated rings. The first-order valence-corrected chi connectivity index (χ1v) is 8.40. The van der Waals surface area contributed by atoms with Crippen LogP contribution in [0.15, 0.2) is 18.2 Å². The van der Waals surface area contributed by atoms with E-state index in [1.54, 1.807) is 0 Å². The van der Waals surface area contributed by atoms with Gasteiger partial charge in [-0.2, -0.15) is 0 Å². The molecule has 23 heavy (non-hydrogen) atoms. The summed E-state index contributed by atoms with van der Waals surface area (Å²) in [6.07, 6.45) is 5.15. The number of carbonyl (C=O) groups excluding carboxylic acids is 1. The van der Waals surface area contributed by atoms with Crippen LogP contribution in [0.5, 0.6) is 0 Å². The van der Waals surface area contributed by atoms with Crippen LogP contribution in [-0.2, 0) is 11.2 Å². The Balaban J connectivity index is 1.58. The summed E-state index contributed by atoms with van der Waals surface area (Å²) in [5.74, 6) is -1.71. The molecule has 0 bridgehead atoms. The predicted molar refractivity (Wildman–Crippen MR) is 82.8 cm³/mol. The second-order valence-electron chi connectivity index (χ2n) is 6.94. The Kier molecular flexibility index (Phi) is 4.67. The second kappa shape index (κ2) is 6.56. The number of aliphatic hydroxyl groups is 1. The van der Waals surface area contributed by atoms with Gasteiger partial charge in [-0.15, -0.1) is 0 Å². The molecule has 2 atom stereocenters. The maximum absolute atomic E-state index is 13.2. The molecule has 1 saturated carbocycles. The fraction of sp³-hybridized carbons (Fsp3) is 0.611. The van der Waals surface area contributed by atoms with Crippen LogP contribution in [0.25, 0.3) is 0 Å². The lowest BCUT2D eigenvalue weighted by molar-refractivity contribution is -0.136. The van der Waals surface area contributed by atoms with E-state index in [2.05, 4.69) is 0 Å². The molecule has 3 nitrogen and oxygen atoms in total. The zero-order chi connectivity index (χ0) is 16.4. The van der Waals surface area contributed by atoms with Crippen LogP contribution in [0, 0.1) is 17.0 Å². The Labute approximate surface area is 135 Å². The van der Waals surface area contributed by atoms with Gasteiger partial charge in [0.15, 0.2) is 11.6 Å². The minimum atomic E-state index is -0.874. The normalized spacial score (nSPS) is 27.6. The number of likely N-dealkylation sites (tertiary alicyclic amines) is 1. The summed E-state index contributed by atoms with van der Waals surface area (Å²) in [5, 5.41) is 10.3. The molecule has 1 aliphatic heterocycles. The maximum Gasteiger partial charge on any atom is 0.222 e. The van der Waals surface area contributed by atoms with Crippen LogP contribution in [0.1, 0.15) is 44.1 Å². The topological polar surface area (TPSA) is 40.5 Å². The van der Waals surface area contributed by atoms with Gasteiger partial charge >= 0.3 is 0 Å². The number of benzene rings is 1. The molecule has 1 amide bonds. The fourth-order valence-electron chi connectivity index (χ4n) is 4.07. The zero-order valence-corrected chi connectivity index (χ0v) is 13.2. The molecule has 1 aliphatic carbocycles. The average Bonchev–Trinajstić information content (AvgIpc) is 2.88. The molecule has 0 unspecified atom stereocenters. The van der Waals surface area contributed by atoms with Crippen molar-refractivity contribution >= 4 is 5.91 Å². The molecule has 3 rings (SSSR count). The van der Waals surface area contributed by atoms with Crippen molar-refractivity contribution in [3.05, 3.63) is 35.4 Å². The number of nitrogens with zero attached hydrogens (tertiary/aromatic N) is 1. The van der Waals surface area contributed by atoms with E-state index >= 15 is 0 Å². The molecule has 1 N–H and O–H groups in total. The first kappa shape index (κ1) is 16.4. The molecule has 126 valence electrons. The van der Waals surface area contributed by atoms with E-state index in [1.807, 2.05) is 4.90 Å². The van der Waals surface area contributed by atoms with Crippen molar-refractivity contribution in [3.8, 4) is 0 Å². The third kappa shape index (κ3) is 3.39. The SMILES string of the molecule is O=C(CCc1ccc(F)c(F)c1)N1CCC[C@@]2(CCC[C@H]2O)C1. The van der Waals surface area contributed by atoms with Crippen LogP contribution in [-0.4, -0.2) is 35.1 Å². The quantitative estimate of drug-likeness (QED) is 0.929. The number of rotatable bonds is 3. The number of hydrogen-bond acceptors (Lipinski definition) is 2. The van der Waals surface area contributed by atoms with E-state index in [1.165, 1.54) is 6.07 Å². The van der Waals surface area contributed by atoms with Gasteiger partial charge in [0.05, 0.1) is 6.10 Å². The van der Waals surface area contributed by atoms with Gasteiger partial charge in [-0.05, 0) is 49.8 Å². The molecule has 0 radical (unpaired) electrons. The minimum Gasteiger partial charge on any atom is -0.392 e. The van der Waals surface area contributed by atoms with Crippen molar-refractivity contribution in [1.29, 1.82) is 0 Å². The highest BCUT2D eigenvalue weighted by Crippen LogP contribution is 2.45. The first-order chi connectivity index (χ1) is 11.0. The van der Waals surface area contributed by atoms with Gasteiger partial charge in [0.2, 0.25) is 5.91 Å². The number of amides is 1. The van der Waals surface area contributed by atoms with Crippen LogP contribution in [0.3, 0.4) is 0 Å². The lowest BCUT2D eigenvalue weighted by Crippen LogP contribution is -2.49. The van der Waals surface area contributed by atoms with Crippen LogP contribution < -0.4 is 0 Å². The van der Waals surface area contributed by atoms with E-state index in [0.29, 0.717) is 18.5 Å². The zero-order valence-electron chi connectivity index (χ0n) is 13.2. The molecular weight excluding hydrogens is 300 g/mol. The van der Waals surface area contributed by atoms with Gasteiger partial charge in [-0.1, -0.05) is 12.5 Å². The number of carbonyl (C=O) groups is 1. The predicted octanol–water partition coefficient (Wildman–Crippen LogP) is 3.05. The molecule has 0 aromatic heterocycles. The Bertz CT molecular complexity index is 592. The lowest BCUT2D eigenvalue weighted by atomic mass is 9.76. The van der Waals surface area contributed by atoms with E-state index in [9.17, 15) is 18.7 Å². The van der Waals surface area contributed by atoms with Gasteiger partial charge < -0.3 is 10.0 Å². The molecule has 1 heterocycles. The second-order valence-corrected chi connectivity index (χ2v) is 6.94. The highest BCUT2D eigenvalue weighted by molar-refractivity contribution is 5.76. The summed E-state index contributed by atoms with van der Waals surface area (Å²) in [6, 6.07) is 3.77. The van der Waals surface area contributed by atoms with Crippen molar-refractivity contribution in [2.45, 2.75) is 51.0 Å². The maximum atomic E-state index is 13.2. The Morgan fingerprint density at radius 1 is 1.26 bits per heavy atom. The molecule has 1 spiro atoms. The van der Waals surface area contributed by atoms with E-state index in [4.69, 9.17) is 0 Å². The van der Waals surface area contributed by atoms with Crippen LogP contribution >= 0.6 is 0 Å². The summed E-state index contributed by atoms with van der Waals surface area (Å²) in [7, 11) is 0. The van der Waals surface area contributed by atoms with E-state index in [0.717, 1.165) is 50.8 Å². The standard InChI is InChI=1S/C18H23F2NO2/c19-14-6-4-13(11-15(14)20)5-7-17(23)21-10-2-9-18(12-21)8-1-3-16(18)22/h4,6,11,16,22H,1-3,5,7-10,12H2/t16-,18+/m1/s1. The number of halogens is 2. The fourth-order valence-corrected chi connectivity index (χ4v) is 4.07. The van der Waals surface area contributed by atoms with Gasteiger partial charge in [0, 0.05) is 24.9 Å². The molecular formula is C18H23F2NO2. The van der Waals surface area contributed by atoms with Crippen molar-refractivity contribution < 1.29 is 18.7 Å². The third-order valence-corrected chi connectivity index (χ3v) is 5.43. The first-order valence-electron chi connectivity index (χ1n) is 8.40. The van der Waals surface area contributed by atoms with Gasteiger partial charge in [-0.25, -0.2) is 8.78 Å².